The van der Waals surface area contributed by atoms with Crippen LogP contribution in [0.2, 0.25) is 0 Å². The Labute approximate surface area is 193 Å². The molecule has 0 fully saturated rings. The topological polar surface area (TPSA) is 97.3 Å². The maximum Gasteiger partial charge on any atom is 0.413 e. The number of amides is 2. The summed E-state index contributed by atoms with van der Waals surface area (Å²) >= 11 is 4.16. The van der Waals surface area contributed by atoms with Gasteiger partial charge in [-0.05, 0) is 38.8 Å². The van der Waals surface area contributed by atoms with Crippen molar-refractivity contribution in [2.45, 2.75) is 44.7 Å². The summed E-state index contributed by atoms with van der Waals surface area (Å²) in [6.07, 6.45) is -0.551. The van der Waals surface area contributed by atoms with Crippen molar-refractivity contribution in [3.63, 3.8) is 0 Å². The van der Waals surface area contributed by atoms with Crippen molar-refractivity contribution in [1.29, 1.82) is 0 Å². The molecule has 1 N–H and O–H groups in total. The Bertz CT molecular complexity index is 1070. The molecule has 0 radical (unpaired) electrons. The van der Waals surface area contributed by atoms with Gasteiger partial charge in [0, 0.05) is 18.1 Å². The number of rotatable bonds is 7. The van der Waals surface area contributed by atoms with Gasteiger partial charge in [0.25, 0.3) is 0 Å². The number of thioether (sulfide) groups is 1. The number of thiazole rings is 1. The number of aromatic nitrogens is 3. The van der Waals surface area contributed by atoms with E-state index in [0.717, 1.165) is 28.1 Å². The normalized spacial score (nSPS) is 10.7. The molecule has 0 unspecified atom stereocenters. The number of nitrogens with one attached hydrogen (secondary N) is 1. The predicted molar refractivity (Wildman–Crippen MR) is 126 cm³/mol. The van der Waals surface area contributed by atoms with Crippen molar-refractivity contribution in [1.82, 2.24) is 15.2 Å². The van der Waals surface area contributed by atoms with Gasteiger partial charge in [0.15, 0.2) is 9.47 Å². The van der Waals surface area contributed by atoms with Crippen LogP contribution in [0.15, 0.2) is 21.9 Å². The molecule has 8 nitrogen and oxygen atoms in total. The van der Waals surface area contributed by atoms with E-state index in [1.54, 1.807) is 18.7 Å². The van der Waals surface area contributed by atoms with Crippen LogP contribution in [0, 0.1) is 20.8 Å². The Morgan fingerprint density at radius 3 is 2.55 bits per heavy atom. The van der Waals surface area contributed by atoms with E-state index < -0.39 is 6.09 Å². The second-order valence-corrected chi connectivity index (χ2v) is 9.77. The zero-order chi connectivity index (χ0) is 22.5. The maximum atomic E-state index is 12.5. The minimum atomic E-state index is -0.551. The van der Waals surface area contributed by atoms with Gasteiger partial charge in [0.1, 0.15) is 0 Å². The smallest absolute Gasteiger partial charge is 0.413 e. The van der Waals surface area contributed by atoms with Crippen LogP contribution in [0.5, 0.6) is 0 Å². The largest absolute Gasteiger partial charge is 0.450 e. The van der Waals surface area contributed by atoms with Crippen LogP contribution in [-0.4, -0.2) is 33.8 Å². The van der Waals surface area contributed by atoms with Crippen molar-refractivity contribution in [3.8, 4) is 0 Å². The minimum absolute atomic E-state index is 0.0811. The highest BCUT2D eigenvalue weighted by molar-refractivity contribution is 8.00. The molecule has 2 aromatic heterocycles. The Kier molecular flexibility index (Phi) is 7.63. The van der Waals surface area contributed by atoms with Crippen LogP contribution >= 0.6 is 34.4 Å². The quantitative estimate of drug-likeness (QED) is 0.356. The number of nitrogens with zero attached hydrogens (tertiary/aromatic N) is 4. The SMILES string of the molecule is CCOC(=O)Nc1nnc(SCc2csc(N(C(C)=O)c3c(C)cc(C)cc3C)n2)s1. The van der Waals surface area contributed by atoms with Gasteiger partial charge in [0.05, 0.1) is 18.0 Å². The van der Waals surface area contributed by atoms with Crippen molar-refractivity contribution in [2.24, 2.45) is 0 Å². The third kappa shape index (κ3) is 5.81. The van der Waals surface area contributed by atoms with Crippen LogP contribution in [0.3, 0.4) is 0 Å². The lowest BCUT2D eigenvalue weighted by molar-refractivity contribution is -0.115. The average Bonchev–Trinajstić information content (AvgIpc) is 3.32. The summed E-state index contributed by atoms with van der Waals surface area (Å²) in [6.45, 7) is 9.63. The van der Waals surface area contributed by atoms with Crippen molar-refractivity contribution >= 4 is 62.4 Å². The number of hydrogen-bond acceptors (Lipinski definition) is 9. The molecule has 0 aliphatic carbocycles. The van der Waals surface area contributed by atoms with Gasteiger partial charge in [-0.2, -0.15) is 0 Å². The Balaban J connectivity index is 1.71. The highest BCUT2D eigenvalue weighted by Crippen LogP contribution is 2.36. The lowest BCUT2D eigenvalue weighted by atomic mass is 10.0. The van der Waals surface area contributed by atoms with E-state index in [4.69, 9.17) is 4.74 Å². The number of carbonyl (C=O) groups is 2. The van der Waals surface area contributed by atoms with Crippen LogP contribution in [0.1, 0.15) is 36.2 Å². The number of carbonyl (C=O) groups excluding carboxylic acids is 2. The number of anilines is 3. The fraction of sp³-hybridized carbons (Fsp3) is 0.350. The van der Waals surface area contributed by atoms with Crippen molar-refractivity contribution < 1.29 is 14.3 Å². The second kappa shape index (κ2) is 10.2. The summed E-state index contributed by atoms with van der Waals surface area (Å²) in [5.74, 6) is 0.490. The highest BCUT2D eigenvalue weighted by Gasteiger charge is 2.22. The highest BCUT2D eigenvalue weighted by atomic mass is 32.2. The molecule has 2 heterocycles. The fourth-order valence-corrected chi connectivity index (χ4v) is 5.70. The summed E-state index contributed by atoms with van der Waals surface area (Å²) in [5, 5.41) is 13.5. The van der Waals surface area contributed by atoms with E-state index in [0.29, 0.717) is 20.4 Å². The van der Waals surface area contributed by atoms with E-state index in [2.05, 4.69) is 32.6 Å². The van der Waals surface area contributed by atoms with Crippen LogP contribution in [0.25, 0.3) is 0 Å². The summed E-state index contributed by atoms with van der Waals surface area (Å²) in [6, 6.07) is 4.14. The third-order valence-corrected chi connectivity index (χ3v) is 7.02. The van der Waals surface area contributed by atoms with Crippen molar-refractivity contribution in [2.75, 3.05) is 16.8 Å². The number of benzene rings is 1. The molecule has 11 heteroatoms. The third-order valence-electron chi connectivity index (χ3n) is 4.14. The molecule has 31 heavy (non-hydrogen) atoms. The summed E-state index contributed by atoms with van der Waals surface area (Å²) < 4.78 is 5.53. The van der Waals surface area contributed by atoms with E-state index in [-0.39, 0.29) is 12.5 Å². The summed E-state index contributed by atoms with van der Waals surface area (Å²) in [4.78, 5) is 30.3. The Morgan fingerprint density at radius 1 is 1.19 bits per heavy atom. The van der Waals surface area contributed by atoms with Gasteiger partial charge in [-0.15, -0.1) is 21.5 Å². The molecule has 0 bridgehead atoms. The average molecular weight is 478 g/mol. The van der Waals surface area contributed by atoms with Crippen LogP contribution in [0.4, 0.5) is 20.7 Å². The van der Waals surface area contributed by atoms with E-state index in [1.807, 2.05) is 26.2 Å². The molecule has 0 aliphatic rings. The Morgan fingerprint density at radius 2 is 1.90 bits per heavy atom. The van der Waals surface area contributed by atoms with Crippen molar-refractivity contribution in [3.05, 3.63) is 39.9 Å². The molecule has 0 atom stereocenters. The molecule has 1 aromatic carbocycles. The first-order chi connectivity index (χ1) is 14.8. The second-order valence-electron chi connectivity index (χ2n) is 6.73. The monoisotopic (exact) mass is 477 g/mol. The first-order valence-electron chi connectivity index (χ1n) is 9.51. The molecular formula is C20H23N5O3S3. The lowest BCUT2D eigenvalue weighted by Gasteiger charge is -2.23. The van der Waals surface area contributed by atoms with Gasteiger partial charge >= 0.3 is 6.09 Å². The van der Waals surface area contributed by atoms with E-state index in [1.165, 1.54) is 34.4 Å². The molecule has 3 aromatic rings. The minimum Gasteiger partial charge on any atom is -0.450 e. The molecule has 3 rings (SSSR count). The zero-order valence-corrected chi connectivity index (χ0v) is 20.3. The van der Waals surface area contributed by atoms with Gasteiger partial charge in [-0.25, -0.2) is 9.78 Å². The summed E-state index contributed by atoms with van der Waals surface area (Å²) in [7, 11) is 0. The van der Waals surface area contributed by atoms with E-state index in [9.17, 15) is 9.59 Å². The molecule has 2 amide bonds. The molecule has 0 saturated heterocycles. The first-order valence-corrected chi connectivity index (χ1v) is 12.2. The molecule has 0 aliphatic heterocycles. The van der Waals surface area contributed by atoms with E-state index >= 15 is 0 Å². The molecular weight excluding hydrogens is 454 g/mol. The summed E-state index contributed by atoms with van der Waals surface area (Å²) in [5.41, 5.74) is 4.95. The maximum absolute atomic E-state index is 12.5. The van der Waals surface area contributed by atoms with Crippen LogP contribution < -0.4 is 10.2 Å². The Hall–Kier alpha value is -2.50. The molecule has 164 valence electrons. The number of ether oxygens (including phenoxy) is 1. The molecule has 0 saturated carbocycles. The standard InChI is InChI=1S/C20H23N5O3S3/c1-6-28-19(27)22-17-23-24-20(31-17)30-10-15-9-29-18(21-15)25(14(5)26)16-12(3)7-11(2)8-13(16)4/h7-9H,6,10H2,1-5H3,(H,22,23,27). The van der Waals surface area contributed by atoms with Gasteiger partial charge in [-0.3, -0.25) is 15.0 Å². The molecule has 0 spiro atoms. The lowest BCUT2D eigenvalue weighted by Crippen LogP contribution is -2.24. The van der Waals surface area contributed by atoms with Gasteiger partial charge in [-0.1, -0.05) is 40.8 Å². The number of hydrogen-bond donors (Lipinski definition) is 1. The first kappa shape index (κ1) is 23.2. The number of aryl methyl sites for hydroxylation is 3. The van der Waals surface area contributed by atoms with Gasteiger partial charge in [0.2, 0.25) is 11.0 Å². The zero-order valence-electron chi connectivity index (χ0n) is 17.9. The predicted octanol–water partition coefficient (Wildman–Crippen LogP) is 5.47. The van der Waals surface area contributed by atoms with Crippen LogP contribution in [-0.2, 0) is 15.3 Å². The fourth-order valence-electron chi connectivity index (χ4n) is 3.09. The van der Waals surface area contributed by atoms with Gasteiger partial charge < -0.3 is 4.74 Å².